The number of benzene rings is 1. The standard InChI is InChI=1S/C19H21FN6O2/c1-3-14(17(22)28)24-19-13(20)9-12(16(21)27)18(25-19)23-11-4-5-15-10(8-11)6-7-26(15)2/h4-9,14H,3H2,1-2H3,(H2,21,27)(H2,22,28)(H2,23,24,25). The van der Waals surface area contributed by atoms with E-state index in [4.69, 9.17) is 11.5 Å². The molecule has 0 aliphatic carbocycles. The van der Waals surface area contributed by atoms with Gasteiger partial charge in [-0.15, -0.1) is 0 Å². The highest BCUT2D eigenvalue weighted by Gasteiger charge is 2.20. The van der Waals surface area contributed by atoms with E-state index in [9.17, 15) is 14.0 Å². The van der Waals surface area contributed by atoms with Gasteiger partial charge < -0.3 is 26.7 Å². The van der Waals surface area contributed by atoms with Gasteiger partial charge in [0.15, 0.2) is 11.6 Å². The number of carbonyl (C=O) groups excluding carboxylic acids is 2. The van der Waals surface area contributed by atoms with Crippen LogP contribution in [0.3, 0.4) is 0 Å². The van der Waals surface area contributed by atoms with Crippen LogP contribution in [0, 0.1) is 5.82 Å². The zero-order valence-electron chi connectivity index (χ0n) is 15.5. The van der Waals surface area contributed by atoms with Crippen LogP contribution in [0.15, 0.2) is 36.5 Å². The topological polar surface area (TPSA) is 128 Å². The lowest BCUT2D eigenvalue weighted by Crippen LogP contribution is -2.35. The third-order valence-corrected chi connectivity index (χ3v) is 4.45. The van der Waals surface area contributed by atoms with Gasteiger partial charge in [-0.1, -0.05) is 6.92 Å². The van der Waals surface area contributed by atoms with Crippen molar-refractivity contribution < 1.29 is 14.0 Å². The molecule has 2 heterocycles. The molecular formula is C19H21FN6O2. The normalized spacial score (nSPS) is 12.0. The van der Waals surface area contributed by atoms with Crippen LogP contribution in [0.1, 0.15) is 23.7 Å². The monoisotopic (exact) mass is 384 g/mol. The van der Waals surface area contributed by atoms with Crippen molar-refractivity contribution in [3.63, 3.8) is 0 Å². The Bertz CT molecular complexity index is 1060. The number of nitrogens with two attached hydrogens (primary N) is 2. The van der Waals surface area contributed by atoms with Gasteiger partial charge in [0.1, 0.15) is 11.9 Å². The van der Waals surface area contributed by atoms with E-state index in [1.165, 1.54) is 0 Å². The molecular weight excluding hydrogens is 363 g/mol. The van der Waals surface area contributed by atoms with Crippen LogP contribution in [0.2, 0.25) is 0 Å². The molecule has 0 aliphatic heterocycles. The summed E-state index contributed by atoms with van der Waals surface area (Å²) < 4.78 is 16.4. The first kappa shape index (κ1) is 19.2. The average molecular weight is 384 g/mol. The molecule has 0 spiro atoms. The molecule has 9 heteroatoms. The van der Waals surface area contributed by atoms with Crippen molar-refractivity contribution in [2.24, 2.45) is 18.5 Å². The summed E-state index contributed by atoms with van der Waals surface area (Å²) in [5.74, 6) is -2.39. The van der Waals surface area contributed by atoms with Gasteiger partial charge in [-0.2, -0.15) is 0 Å². The van der Waals surface area contributed by atoms with Gasteiger partial charge in [-0.3, -0.25) is 9.59 Å². The number of halogens is 1. The molecule has 2 amide bonds. The number of aromatic nitrogens is 2. The zero-order chi connectivity index (χ0) is 20.4. The number of primary amides is 2. The van der Waals surface area contributed by atoms with Gasteiger partial charge in [0.05, 0.1) is 5.56 Å². The van der Waals surface area contributed by atoms with E-state index in [0.717, 1.165) is 17.0 Å². The first-order chi connectivity index (χ1) is 13.3. The Kier molecular flexibility index (Phi) is 5.16. The van der Waals surface area contributed by atoms with Crippen molar-refractivity contribution in [1.82, 2.24) is 9.55 Å². The maximum Gasteiger partial charge on any atom is 0.252 e. The molecule has 0 fully saturated rings. The third-order valence-electron chi connectivity index (χ3n) is 4.45. The van der Waals surface area contributed by atoms with Crippen LogP contribution in [0.4, 0.5) is 21.7 Å². The Morgan fingerprint density at radius 3 is 2.61 bits per heavy atom. The van der Waals surface area contributed by atoms with Crippen molar-refractivity contribution in [2.45, 2.75) is 19.4 Å². The molecule has 0 bridgehead atoms. The van der Waals surface area contributed by atoms with E-state index in [0.29, 0.717) is 12.1 Å². The molecule has 1 atom stereocenters. The molecule has 3 rings (SSSR count). The van der Waals surface area contributed by atoms with Crippen LogP contribution >= 0.6 is 0 Å². The Morgan fingerprint density at radius 2 is 1.96 bits per heavy atom. The third kappa shape index (κ3) is 3.73. The highest BCUT2D eigenvalue weighted by molar-refractivity contribution is 5.99. The number of rotatable bonds is 7. The molecule has 0 radical (unpaired) electrons. The van der Waals surface area contributed by atoms with Crippen LogP contribution in [0.5, 0.6) is 0 Å². The van der Waals surface area contributed by atoms with Crippen LogP contribution in [-0.4, -0.2) is 27.4 Å². The van der Waals surface area contributed by atoms with Gasteiger partial charge in [-0.05, 0) is 36.8 Å². The molecule has 0 saturated heterocycles. The van der Waals surface area contributed by atoms with Crippen LogP contribution < -0.4 is 22.1 Å². The summed E-state index contributed by atoms with van der Waals surface area (Å²) in [5.41, 5.74) is 12.2. The summed E-state index contributed by atoms with van der Waals surface area (Å²) in [5, 5.41) is 6.64. The second-order valence-corrected chi connectivity index (χ2v) is 6.41. The summed E-state index contributed by atoms with van der Waals surface area (Å²) in [6, 6.07) is 7.72. The quantitative estimate of drug-likeness (QED) is 0.497. The molecule has 2 aromatic heterocycles. The van der Waals surface area contributed by atoms with Gasteiger partial charge in [0.25, 0.3) is 5.91 Å². The predicted molar refractivity (Wildman–Crippen MR) is 106 cm³/mol. The summed E-state index contributed by atoms with van der Waals surface area (Å²) in [7, 11) is 1.93. The smallest absolute Gasteiger partial charge is 0.252 e. The highest BCUT2D eigenvalue weighted by Crippen LogP contribution is 2.26. The number of nitrogens with zero attached hydrogens (tertiary/aromatic N) is 2. The Morgan fingerprint density at radius 1 is 1.21 bits per heavy atom. The fraction of sp³-hybridized carbons (Fsp3) is 0.211. The van der Waals surface area contributed by atoms with Crippen molar-refractivity contribution in [3.05, 3.63) is 47.9 Å². The van der Waals surface area contributed by atoms with Crippen molar-refractivity contribution in [1.29, 1.82) is 0 Å². The minimum Gasteiger partial charge on any atom is -0.368 e. The minimum absolute atomic E-state index is 0.0750. The van der Waals surface area contributed by atoms with Crippen LogP contribution in [-0.2, 0) is 11.8 Å². The predicted octanol–water partition coefficient (Wildman–Crippen LogP) is 2.23. The fourth-order valence-electron chi connectivity index (χ4n) is 2.91. The number of fused-ring (bicyclic) bond motifs is 1. The number of hydrogen-bond acceptors (Lipinski definition) is 5. The Hall–Kier alpha value is -3.62. The van der Waals surface area contributed by atoms with Gasteiger partial charge in [0.2, 0.25) is 5.91 Å². The largest absolute Gasteiger partial charge is 0.368 e. The summed E-state index contributed by atoms with van der Waals surface area (Å²) in [6.45, 7) is 1.73. The molecule has 0 saturated carbocycles. The second-order valence-electron chi connectivity index (χ2n) is 6.41. The number of hydrogen-bond donors (Lipinski definition) is 4. The molecule has 1 unspecified atom stereocenters. The molecule has 146 valence electrons. The molecule has 8 nitrogen and oxygen atoms in total. The lowest BCUT2D eigenvalue weighted by atomic mass is 10.2. The number of anilines is 3. The number of pyridine rings is 1. The zero-order valence-corrected chi connectivity index (χ0v) is 15.5. The van der Waals surface area contributed by atoms with Gasteiger partial charge in [0, 0.05) is 29.8 Å². The van der Waals surface area contributed by atoms with E-state index in [-0.39, 0.29) is 17.2 Å². The van der Waals surface area contributed by atoms with Gasteiger partial charge in [-0.25, -0.2) is 9.37 Å². The lowest BCUT2D eigenvalue weighted by molar-refractivity contribution is -0.118. The SMILES string of the molecule is CCC(Nc1nc(Nc2ccc3c(ccn3C)c2)c(C(N)=O)cc1F)C(N)=O. The fourth-order valence-corrected chi connectivity index (χ4v) is 2.91. The second kappa shape index (κ2) is 7.55. The van der Waals surface area contributed by atoms with E-state index in [2.05, 4.69) is 15.6 Å². The molecule has 28 heavy (non-hydrogen) atoms. The Labute approximate surface area is 160 Å². The molecule has 0 aliphatic rings. The average Bonchev–Trinajstić information content (AvgIpc) is 3.01. The number of aryl methyl sites for hydroxylation is 1. The maximum atomic E-state index is 14.4. The lowest BCUT2D eigenvalue weighted by Gasteiger charge is -2.17. The van der Waals surface area contributed by atoms with Crippen molar-refractivity contribution >= 4 is 40.0 Å². The Balaban J connectivity index is 2.00. The minimum atomic E-state index is -0.830. The van der Waals surface area contributed by atoms with Crippen molar-refractivity contribution in [2.75, 3.05) is 10.6 Å². The van der Waals surface area contributed by atoms with E-state index >= 15 is 0 Å². The molecule has 3 aromatic rings. The van der Waals surface area contributed by atoms with E-state index in [1.807, 2.05) is 42.1 Å². The summed E-state index contributed by atoms with van der Waals surface area (Å²) >= 11 is 0. The number of carbonyl (C=O) groups is 2. The summed E-state index contributed by atoms with van der Waals surface area (Å²) in [6.07, 6.45) is 2.28. The maximum absolute atomic E-state index is 14.4. The first-order valence-corrected chi connectivity index (χ1v) is 8.68. The molecule has 6 N–H and O–H groups in total. The van der Waals surface area contributed by atoms with Crippen molar-refractivity contribution in [3.8, 4) is 0 Å². The highest BCUT2D eigenvalue weighted by atomic mass is 19.1. The van der Waals surface area contributed by atoms with E-state index in [1.54, 1.807) is 6.92 Å². The molecule has 1 aromatic carbocycles. The summed E-state index contributed by atoms with van der Waals surface area (Å²) in [4.78, 5) is 27.3. The number of nitrogens with one attached hydrogen (secondary N) is 2. The van der Waals surface area contributed by atoms with Gasteiger partial charge >= 0.3 is 0 Å². The van der Waals surface area contributed by atoms with Crippen LogP contribution in [0.25, 0.3) is 10.9 Å². The first-order valence-electron chi connectivity index (χ1n) is 8.68. The number of amides is 2. The van der Waals surface area contributed by atoms with E-state index < -0.39 is 23.7 Å².